The molecule has 0 saturated carbocycles. The molecule has 102 valence electrons. The van der Waals surface area contributed by atoms with Crippen LogP contribution in [0.4, 0.5) is 0 Å². The van der Waals surface area contributed by atoms with Crippen molar-refractivity contribution in [3.05, 3.63) is 65.9 Å². The number of nitrogens with zero attached hydrogens (tertiary/aromatic N) is 4. The molecule has 2 aromatic carbocycles. The van der Waals surface area contributed by atoms with Crippen LogP contribution < -0.4 is 0 Å². The first-order valence-electron chi connectivity index (χ1n) is 6.95. The minimum atomic E-state index is 0.904. The van der Waals surface area contributed by atoms with Gasteiger partial charge in [-0.25, -0.2) is 4.68 Å². The molecule has 0 atom stereocenters. The Morgan fingerprint density at radius 2 is 1.81 bits per heavy atom. The van der Waals surface area contributed by atoms with E-state index in [2.05, 4.69) is 46.5 Å². The highest BCUT2D eigenvalue weighted by Crippen LogP contribution is 2.20. The van der Waals surface area contributed by atoms with Crippen molar-refractivity contribution < 1.29 is 0 Å². The Labute approximate surface area is 122 Å². The van der Waals surface area contributed by atoms with Crippen molar-refractivity contribution in [2.45, 2.75) is 13.3 Å². The Morgan fingerprint density at radius 3 is 2.57 bits per heavy atom. The van der Waals surface area contributed by atoms with Gasteiger partial charge in [-0.2, -0.15) is 0 Å². The van der Waals surface area contributed by atoms with Gasteiger partial charge < -0.3 is 0 Å². The van der Waals surface area contributed by atoms with E-state index in [0.717, 1.165) is 34.4 Å². The van der Waals surface area contributed by atoms with Crippen LogP contribution in [0.3, 0.4) is 0 Å². The molecule has 2 heterocycles. The smallest absolute Gasteiger partial charge is 0.113 e. The molecule has 1 aliphatic rings. The van der Waals surface area contributed by atoms with Crippen LogP contribution in [0.25, 0.3) is 16.7 Å². The molecule has 21 heavy (non-hydrogen) atoms. The molecule has 3 aromatic rings. The predicted octanol–water partition coefficient (Wildman–Crippen LogP) is 3.52. The number of allylic oxidation sites excluding steroid dienone is 1. The first-order valence-corrected chi connectivity index (χ1v) is 6.95. The van der Waals surface area contributed by atoms with Crippen molar-refractivity contribution in [1.29, 1.82) is 0 Å². The van der Waals surface area contributed by atoms with Crippen LogP contribution in [0, 0.1) is 0 Å². The lowest BCUT2D eigenvalue weighted by atomic mass is 10.1. The van der Waals surface area contributed by atoms with Gasteiger partial charge in [0.2, 0.25) is 0 Å². The second-order valence-corrected chi connectivity index (χ2v) is 5.26. The molecule has 0 aliphatic carbocycles. The topological polar surface area (TPSA) is 43.1 Å². The van der Waals surface area contributed by atoms with Gasteiger partial charge in [0.25, 0.3) is 0 Å². The van der Waals surface area contributed by atoms with Gasteiger partial charge in [0, 0.05) is 12.6 Å². The van der Waals surface area contributed by atoms with E-state index in [1.165, 1.54) is 5.57 Å². The summed E-state index contributed by atoms with van der Waals surface area (Å²) in [6.07, 6.45) is 2.87. The largest absolute Gasteiger partial charge is 0.260 e. The third-order valence-electron chi connectivity index (χ3n) is 3.68. The third kappa shape index (κ3) is 2.05. The van der Waals surface area contributed by atoms with Gasteiger partial charge in [-0.05, 0) is 42.3 Å². The number of rotatable bonds is 2. The van der Waals surface area contributed by atoms with E-state index < -0.39 is 0 Å². The minimum absolute atomic E-state index is 0.904. The number of hydrogen-bond acceptors (Lipinski definition) is 3. The second-order valence-electron chi connectivity index (χ2n) is 5.26. The summed E-state index contributed by atoms with van der Waals surface area (Å²) in [7, 11) is 0. The summed E-state index contributed by atoms with van der Waals surface area (Å²) in [6, 6.07) is 16.3. The quantitative estimate of drug-likeness (QED) is 0.717. The van der Waals surface area contributed by atoms with Crippen molar-refractivity contribution in [3.8, 4) is 5.69 Å². The Morgan fingerprint density at radius 1 is 1.00 bits per heavy atom. The van der Waals surface area contributed by atoms with Crippen molar-refractivity contribution >= 4 is 16.7 Å². The Bertz CT molecular complexity index is 869. The normalized spacial score (nSPS) is 14.3. The average molecular weight is 274 g/mol. The number of fused-ring (bicyclic) bond motifs is 1. The third-order valence-corrected chi connectivity index (χ3v) is 3.68. The average Bonchev–Trinajstić information content (AvgIpc) is 3.14. The fraction of sp³-hybridized carbons (Fsp3) is 0.118. The maximum Gasteiger partial charge on any atom is 0.113 e. The van der Waals surface area contributed by atoms with E-state index in [4.69, 9.17) is 0 Å². The van der Waals surface area contributed by atoms with Crippen molar-refractivity contribution in [2.24, 2.45) is 4.99 Å². The Kier molecular flexibility index (Phi) is 2.67. The number of para-hydroxylation sites is 1. The Balaban J connectivity index is 1.71. The molecular weight excluding hydrogens is 260 g/mol. The van der Waals surface area contributed by atoms with Crippen LogP contribution in [-0.4, -0.2) is 20.7 Å². The van der Waals surface area contributed by atoms with Crippen molar-refractivity contribution in [3.63, 3.8) is 0 Å². The molecule has 0 unspecified atom stereocenters. The van der Waals surface area contributed by atoms with Gasteiger partial charge in [-0.15, -0.1) is 5.10 Å². The zero-order valence-corrected chi connectivity index (χ0v) is 11.7. The number of hydrogen-bond donors (Lipinski definition) is 0. The Hall–Kier alpha value is -2.75. The molecule has 0 N–H and O–H groups in total. The van der Waals surface area contributed by atoms with Crippen LogP contribution in [0.5, 0.6) is 0 Å². The molecule has 4 rings (SSSR count). The summed E-state index contributed by atoms with van der Waals surface area (Å²) in [5.41, 5.74) is 6.52. The van der Waals surface area contributed by atoms with E-state index in [1.807, 2.05) is 35.1 Å². The number of aromatic nitrogens is 3. The fourth-order valence-electron chi connectivity index (χ4n) is 2.57. The standard InChI is InChI=1S/C17H14N4/c1-12-10-16(18-11-12)13-6-8-14(9-7-13)21-17-5-3-2-4-15(17)19-20-21/h2-9,11H,10H2,1H3. The summed E-state index contributed by atoms with van der Waals surface area (Å²) < 4.78 is 1.86. The number of aliphatic imine (C=N–C) groups is 1. The van der Waals surface area contributed by atoms with E-state index in [9.17, 15) is 0 Å². The maximum absolute atomic E-state index is 4.45. The molecular formula is C17H14N4. The van der Waals surface area contributed by atoms with E-state index in [0.29, 0.717) is 0 Å². The van der Waals surface area contributed by atoms with E-state index in [-0.39, 0.29) is 0 Å². The zero-order valence-electron chi connectivity index (χ0n) is 11.7. The van der Waals surface area contributed by atoms with Gasteiger partial charge in [0.1, 0.15) is 5.52 Å². The number of benzene rings is 2. The molecule has 0 amide bonds. The lowest BCUT2D eigenvalue weighted by Crippen LogP contribution is -2.00. The van der Waals surface area contributed by atoms with Gasteiger partial charge >= 0.3 is 0 Å². The molecule has 0 spiro atoms. The molecule has 4 heteroatoms. The van der Waals surface area contributed by atoms with Crippen molar-refractivity contribution in [2.75, 3.05) is 0 Å². The molecule has 0 saturated heterocycles. The van der Waals surface area contributed by atoms with Crippen LogP contribution >= 0.6 is 0 Å². The van der Waals surface area contributed by atoms with Gasteiger partial charge in [-0.3, -0.25) is 4.99 Å². The molecule has 1 aliphatic heterocycles. The summed E-state index contributed by atoms with van der Waals surface area (Å²) in [5, 5.41) is 8.42. The summed E-state index contributed by atoms with van der Waals surface area (Å²) in [6.45, 7) is 2.10. The first-order chi connectivity index (χ1) is 10.3. The summed E-state index contributed by atoms with van der Waals surface area (Å²) in [4.78, 5) is 4.45. The highest BCUT2D eigenvalue weighted by molar-refractivity contribution is 6.03. The van der Waals surface area contributed by atoms with E-state index in [1.54, 1.807) is 0 Å². The molecule has 4 nitrogen and oxygen atoms in total. The van der Waals surface area contributed by atoms with Crippen LogP contribution in [-0.2, 0) is 0 Å². The molecule has 0 bridgehead atoms. The van der Waals surface area contributed by atoms with Gasteiger partial charge in [0.15, 0.2) is 0 Å². The molecule has 0 fully saturated rings. The van der Waals surface area contributed by atoms with Crippen LogP contribution in [0.1, 0.15) is 18.9 Å². The maximum atomic E-state index is 4.45. The lowest BCUT2D eigenvalue weighted by molar-refractivity contribution is 0.824. The summed E-state index contributed by atoms with van der Waals surface area (Å²) in [5.74, 6) is 0. The van der Waals surface area contributed by atoms with Gasteiger partial charge in [-0.1, -0.05) is 29.5 Å². The zero-order chi connectivity index (χ0) is 14.2. The van der Waals surface area contributed by atoms with Crippen LogP contribution in [0.2, 0.25) is 0 Å². The monoisotopic (exact) mass is 274 g/mol. The SMILES string of the molecule is CC1=CN=C(c2ccc(-n3nnc4ccccc43)cc2)C1. The lowest BCUT2D eigenvalue weighted by Gasteiger charge is -2.05. The summed E-state index contributed by atoms with van der Waals surface area (Å²) >= 11 is 0. The molecule has 1 aromatic heterocycles. The molecule has 0 radical (unpaired) electrons. The van der Waals surface area contributed by atoms with Gasteiger partial charge in [0.05, 0.1) is 16.9 Å². The first kappa shape index (κ1) is 12.0. The van der Waals surface area contributed by atoms with Crippen LogP contribution in [0.15, 0.2) is 65.3 Å². The second kappa shape index (κ2) is 4.66. The fourth-order valence-corrected chi connectivity index (χ4v) is 2.57. The highest BCUT2D eigenvalue weighted by atomic mass is 15.4. The van der Waals surface area contributed by atoms with E-state index >= 15 is 0 Å². The predicted molar refractivity (Wildman–Crippen MR) is 83.8 cm³/mol. The van der Waals surface area contributed by atoms with Crippen molar-refractivity contribution in [1.82, 2.24) is 15.0 Å². The highest BCUT2D eigenvalue weighted by Gasteiger charge is 2.10. The minimum Gasteiger partial charge on any atom is -0.260 e.